The molecule has 1 aromatic heterocycles. The average Bonchev–Trinajstić information content (AvgIpc) is 3.05. The molecule has 8 heteroatoms. The van der Waals surface area contributed by atoms with Gasteiger partial charge in [0, 0.05) is 16.7 Å². The summed E-state index contributed by atoms with van der Waals surface area (Å²) >= 11 is 0. The van der Waals surface area contributed by atoms with E-state index in [-0.39, 0.29) is 22.5 Å². The van der Waals surface area contributed by atoms with Gasteiger partial charge in [0.05, 0.1) is 7.11 Å². The van der Waals surface area contributed by atoms with Gasteiger partial charge in [-0.15, -0.1) is 0 Å². The van der Waals surface area contributed by atoms with Crippen LogP contribution in [0.2, 0.25) is 0 Å². The van der Waals surface area contributed by atoms with Gasteiger partial charge in [0.1, 0.15) is 5.52 Å². The van der Waals surface area contributed by atoms with E-state index in [1.54, 1.807) is 18.2 Å². The number of ether oxygens (including phenoxy) is 2. The second-order valence-corrected chi connectivity index (χ2v) is 7.15. The normalized spacial score (nSPS) is 11.7. The molecule has 3 rings (SSSR count). The highest BCUT2D eigenvalue weighted by atomic mass is 19.3. The molecule has 0 saturated carbocycles. The first-order valence-corrected chi connectivity index (χ1v) is 8.52. The first-order valence-electron chi connectivity index (χ1n) is 8.52. The molecule has 1 heterocycles. The molecule has 0 atom stereocenters. The molecular formula is C20H20F2N2O4. The smallest absolute Gasteiger partial charge is 0.387 e. The lowest BCUT2D eigenvalue weighted by molar-refractivity contribution is -0.0512. The summed E-state index contributed by atoms with van der Waals surface area (Å²) in [4.78, 5) is 17.0. The number of oxazole rings is 1. The fourth-order valence-corrected chi connectivity index (χ4v) is 2.54. The van der Waals surface area contributed by atoms with Gasteiger partial charge in [-0.1, -0.05) is 20.8 Å². The van der Waals surface area contributed by atoms with Gasteiger partial charge < -0.3 is 19.2 Å². The number of nitrogens with one attached hydrogen (secondary N) is 1. The summed E-state index contributed by atoms with van der Waals surface area (Å²) in [5, 5.41) is 2.71. The summed E-state index contributed by atoms with van der Waals surface area (Å²) in [6.07, 6.45) is 0. The fourth-order valence-electron chi connectivity index (χ4n) is 2.54. The molecule has 1 amide bonds. The molecule has 0 saturated heterocycles. The predicted molar refractivity (Wildman–Crippen MR) is 100 cm³/mol. The topological polar surface area (TPSA) is 73.6 Å². The van der Waals surface area contributed by atoms with Gasteiger partial charge >= 0.3 is 6.61 Å². The van der Waals surface area contributed by atoms with Crippen molar-refractivity contribution >= 4 is 22.7 Å². The fraction of sp³-hybridized carbons (Fsp3) is 0.300. The maximum absolute atomic E-state index is 12.6. The molecule has 0 unspecified atom stereocenters. The quantitative estimate of drug-likeness (QED) is 0.665. The van der Waals surface area contributed by atoms with Crippen LogP contribution in [0.1, 0.15) is 37.0 Å². The molecule has 0 aliphatic rings. The molecule has 6 nitrogen and oxygen atoms in total. The van der Waals surface area contributed by atoms with Crippen LogP contribution in [0.15, 0.2) is 40.8 Å². The summed E-state index contributed by atoms with van der Waals surface area (Å²) in [6, 6.07) is 9.13. The van der Waals surface area contributed by atoms with E-state index in [1.165, 1.54) is 25.3 Å². The van der Waals surface area contributed by atoms with Crippen molar-refractivity contribution in [2.24, 2.45) is 0 Å². The number of methoxy groups -OCH3 is 1. The lowest BCUT2D eigenvalue weighted by Gasteiger charge is -2.11. The Hall–Kier alpha value is -3.16. The Morgan fingerprint density at radius 2 is 1.89 bits per heavy atom. The van der Waals surface area contributed by atoms with Crippen LogP contribution in [0.5, 0.6) is 11.5 Å². The van der Waals surface area contributed by atoms with Crippen LogP contribution in [0.3, 0.4) is 0 Å². The average molecular weight is 390 g/mol. The summed E-state index contributed by atoms with van der Waals surface area (Å²) in [5.74, 6) is -0.00178. The Morgan fingerprint density at radius 1 is 1.14 bits per heavy atom. The third-order valence-corrected chi connectivity index (χ3v) is 3.93. The van der Waals surface area contributed by atoms with Crippen molar-refractivity contribution in [3.05, 3.63) is 47.9 Å². The Balaban J connectivity index is 1.84. The number of carbonyl (C=O) groups is 1. The van der Waals surface area contributed by atoms with Gasteiger partial charge in [-0.2, -0.15) is 8.78 Å². The van der Waals surface area contributed by atoms with Crippen molar-refractivity contribution in [1.82, 2.24) is 4.98 Å². The Kier molecular flexibility index (Phi) is 5.22. The SMILES string of the molecule is COc1ccc(C(=O)Nc2ccc3oc(C(C)(C)C)nc3c2)cc1OC(F)F. The first kappa shape index (κ1) is 19.6. The lowest BCUT2D eigenvalue weighted by atomic mass is 9.97. The third-order valence-electron chi connectivity index (χ3n) is 3.93. The van der Waals surface area contributed by atoms with E-state index in [2.05, 4.69) is 15.0 Å². The zero-order valence-electron chi connectivity index (χ0n) is 15.9. The second kappa shape index (κ2) is 7.46. The van der Waals surface area contributed by atoms with E-state index in [0.29, 0.717) is 22.7 Å². The van der Waals surface area contributed by atoms with Crippen molar-refractivity contribution in [2.75, 3.05) is 12.4 Å². The third kappa shape index (κ3) is 4.21. The minimum atomic E-state index is -3.03. The largest absolute Gasteiger partial charge is 0.493 e. The van der Waals surface area contributed by atoms with Crippen LogP contribution in [-0.2, 0) is 5.41 Å². The van der Waals surface area contributed by atoms with E-state index in [1.807, 2.05) is 20.8 Å². The Morgan fingerprint density at radius 3 is 2.54 bits per heavy atom. The van der Waals surface area contributed by atoms with Crippen LogP contribution in [0.4, 0.5) is 14.5 Å². The number of aromatic nitrogens is 1. The molecule has 0 radical (unpaired) electrons. The number of hydrogen-bond donors (Lipinski definition) is 1. The Labute approximate surface area is 160 Å². The maximum atomic E-state index is 12.6. The number of hydrogen-bond acceptors (Lipinski definition) is 5. The minimum Gasteiger partial charge on any atom is -0.493 e. The summed E-state index contributed by atoms with van der Waals surface area (Å²) < 4.78 is 40.2. The van der Waals surface area contributed by atoms with E-state index in [4.69, 9.17) is 9.15 Å². The number of carbonyl (C=O) groups excluding carboxylic acids is 1. The lowest BCUT2D eigenvalue weighted by Crippen LogP contribution is -2.13. The van der Waals surface area contributed by atoms with Crippen molar-refractivity contribution in [1.29, 1.82) is 0 Å². The highest BCUT2D eigenvalue weighted by molar-refractivity contribution is 6.05. The number of anilines is 1. The second-order valence-electron chi connectivity index (χ2n) is 7.15. The van der Waals surface area contributed by atoms with Gasteiger partial charge in [-0.05, 0) is 36.4 Å². The number of halogens is 2. The van der Waals surface area contributed by atoms with Crippen LogP contribution in [0, 0.1) is 0 Å². The molecular weight excluding hydrogens is 370 g/mol. The highest BCUT2D eigenvalue weighted by Gasteiger charge is 2.21. The van der Waals surface area contributed by atoms with E-state index < -0.39 is 12.5 Å². The molecule has 28 heavy (non-hydrogen) atoms. The molecule has 0 bridgehead atoms. The zero-order valence-corrected chi connectivity index (χ0v) is 15.9. The molecule has 0 aliphatic carbocycles. The summed E-state index contributed by atoms with van der Waals surface area (Å²) in [7, 11) is 1.33. The van der Waals surface area contributed by atoms with Gasteiger partial charge in [0.25, 0.3) is 5.91 Å². The molecule has 2 aromatic carbocycles. The van der Waals surface area contributed by atoms with Crippen LogP contribution >= 0.6 is 0 Å². The van der Waals surface area contributed by atoms with Gasteiger partial charge in [-0.3, -0.25) is 4.79 Å². The number of benzene rings is 2. The van der Waals surface area contributed by atoms with Gasteiger partial charge in [0.15, 0.2) is 17.1 Å². The first-order chi connectivity index (χ1) is 13.2. The standard InChI is InChI=1S/C20H20F2N2O4/c1-20(2,3)18-24-13-10-12(6-8-14(13)27-18)23-17(25)11-5-7-15(26-4)16(9-11)28-19(21)22/h5-10,19H,1-4H3,(H,23,25). The highest BCUT2D eigenvalue weighted by Crippen LogP contribution is 2.30. The number of fused-ring (bicyclic) bond motifs is 1. The minimum absolute atomic E-state index is 0.107. The van der Waals surface area contributed by atoms with Gasteiger partial charge in [0.2, 0.25) is 5.89 Å². The molecule has 3 aromatic rings. The molecule has 0 spiro atoms. The number of alkyl halides is 2. The molecule has 148 valence electrons. The maximum Gasteiger partial charge on any atom is 0.387 e. The molecule has 0 fully saturated rings. The summed E-state index contributed by atoms with van der Waals surface area (Å²) in [5.41, 5.74) is 1.62. The summed E-state index contributed by atoms with van der Waals surface area (Å²) in [6.45, 7) is 2.94. The van der Waals surface area contributed by atoms with E-state index in [0.717, 1.165) is 0 Å². The van der Waals surface area contributed by atoms with Gasteiger partial charge in [-0.25, -0.2) is 4.98 Å². The van der Waals surface area contributed by atoms with Crippen LogP contribution in [0.25, 0.3) is 11.1 Å². The van der Waals surface area contributed by atoms with Crippen molar-refractivity contribution < 1.29 is 27.5 Å². The molecule has 0 aliphatic heterocycles. The van der Waals surface area contributed by atoms with Crippen LogP contribution < -0.4 is 14.8 Å². The number of rotatable bonds is 5. The van der Waals surface area contributed by atoms with E-state index in [9.17, 15) is 13.6 Å². The number of amides is 1. The predicted octanol–water partition coefficient (Wildman–Crippen LogP) is 4.99. The Bertz CT molecular complexity index is 1010. The van der Waals surface area contributed by atoms with Crippen molar-refractivity contribution in [3.63, 3.8) is 0 Å². The van der Waals surface area contributed by atoms with E-state index >= 15 is 0 Å². The molecule has 1 N–H and O–H groups in total. The van der Waals surface area contributed by atoms with Crippen LogP contribution in [-0.4, -0.2) is 24.6 Å². The number of nitrogens with zero attached hydrogens (tertiary/aromatic N) is 1. The monoisotopic (exact) mass is 390 g/mol. The van der Waals surface area contributed by atoms with Crippen molar-refractivity contribution in [3.8, 4) is 11.5 Å². The zero-order chi connectivity index (χ0) is 20.5. The van der Waals surface area contributed by atoms with Crippen molar-refractivity contribution in [2.45, 2.75) is 32.8 Å².